The number of ether oxygens (including phenoxy) is 1. The Bertz CT molecular complexity index is 454. The van der Waals surface area contributed by atoms with E-state index in [0.717, 1.165) is 5.56 Å². The van der Waals surface area contributed by atoms with Gasteiger partial charge in [-0.25, -0.2) is 4.79 Å². The topological polar surface area (TPSA) is 55.4 Å². The van der Waals surface area contributed by atoms with Crippen molar-refractivity contribution >= 4 is 11.9 Å². The van der Waals surface area contributed by atoms with Crippen LogP contribution in [0.5, 0.6) is 0 Å². The largest absolute Gasteiger partial charge is 0.452 e. The second-order valence-electron chi connectivity index (χ2n) is 4.99. The van der Waals surface area contributed by atoms with Crippen LogP contribution in [-0.2, 0) is 9.53 Å². The standard InChI is InChI=1S/C15H21NO3/c1-10(2)12(4)16-14(17)9-19-15(18)13-8-6-5-7-11(13)3/h5-8,10,12H,9H2,1-4H3,(H,16,17)/t12-/m0/s1. The summed E-state index contributed by atoms with van der Waals surface area (Å²) in [6.45, 7) is 7.54. The maximum absolute atomic E-state index is 11.8. The van der Waals surface area contributed by atoms with Crippen molar-refractivity contribution < 1.29 is 14.3 Å². The molecule has 1 atom stereocenters. The smallest absolute Gasteiger partial charge is 0.338 e. The van der Waals surface area contributed by atoms with E-state index in [0.29, 0.717) is 11.5 Å². The Balaban J connectivity index is 2.47. The first-order valence-electron chi connectivity index (χ1n) is 6.44. The van der Waals surface area contributed by atoms with Crippen LogP contribution in [0, 0.1) is 12.8 Å². The number of nitrogens with one attached hydrogen (secondary N) is 1. The maximum atomic E-state index is 11.8. The summed E-state index contributed by atoms with van der Waals surface area (Å²) in [6.07, 6.45) is 0. The molecule has 4 heteroatoms. The van der Waals surface area contributed by atoms with Gasteiger partial charge in [-0.05, 0) is 31.4 Å². The molecule has 0 bridgehead atoms. The van der Waals surface area contributed by atoms with E-state index in [1.165, 1.54) is 0 Å². The molecule has 0 fully saturated rings. The number of aryl methyl sites for hydroxylation is 1. The van der Waals surface area contributed by atoms with E-state index >= 15 is 0 Å². The van der Waals surface area contributed by atoms with E-state index in [9.17, 15) is 9.59 Å². The lowest BCUT2D eigenvalue weighted by Crippen LogP contribution is -2.38. The van der Waals surface area contributed by atoms with Gasteiger partial charge in [0.15, 0.2) is 6.61 Å². The van der Waals surface area contributed by atoms with Gasteiger partial charge in [-0.15, -0.1) is 0 Å². The number of amides is 1. The van der Waals surface area contributed by atoms with Crippen LogP contribution in [0.1, 0.15) is 36.7 Å². The Morgan fingerprint density at radius 3 is 2.42 bits per heavy atom. The zero-order valence-electron chi connectivity index (χ0n) is 11.9. The molecule has 1 aromatic rings. The third-order valence-corrected chi connectivity index (χ3v) is 3.09. The summed E-state index contributed by atoms with van der Waals surface area (Å²) < 4.78 is 5.00. The summed E-state index contributed by atoms with van der Waals surface area (Å²) in [4.78, 5) is 23.4. The predicted molar refractivity (Wildman–Crippen MR) is 73.9 cm³/mol. The molecule has 0 spiro atoms. The van der Waals surface area contributed by atoms with E-state index in [1.807, 2.05) is 39.8 Å². The van der Waals surface area contributed by atoms with Crippen LogP contribution >= 0.6 is 0 Å². The zero-order valence-corrected chi connectivity index (χ0v) is 11.9. The zero-order chi connectivity index (χ0) is 14.4. The van der Waals surface area contributed by atoms with Crippen molar-refractivity contribution in [3.63, 3.8) is 0 Å². The summed E-state index contributed by atoms with van der Waals surface area (Å²) in [5, 5.41) is 2.78. The van der Waals surface area contributed by atoms with E-state index in [2.05, 4.69) is 5.32 Å². The lowest BCUT2D eigenvalue weighted by Gasteiger charge is -2.17. The normalized spacial score (nSPS) is 12.1. The third-order valence-electron chi connectivity index (χ3n) is 3.09. The first-order chi connectivity index (χ1) is 8.91. The second kappa shape index (κ2) is 6.92. The molecule has 104 valence electrons. The molecule has 0 aromatic heterocycles. The number of esters is 1. The molecule has 1 rings (SSSR count). The fraction of sp³-hybridized carbons (Fsp3) is 0.467. The fourth-order valence-corrected chi connectivity index (χ4v) is 1.47. The van der Waals surface area contributed by atoms with Gasteiger partial charge < -0.3 is 10.1 Å². The van der Waals surface area contributed by atoms with Crippen molar-refractivity contribution in [2.24, 2.45) is 5.92 Å². The molecular weight excluding hydrogens is 242 g/mol. The van der Waals surface area contributed by atoms with Gasteiger partial charge in [0.25, 0.3) is 5.91 Å². The molecule has 0 aliphatic carbocycles. The van der Waals surface area contributed by atoms with Gasteiger partial charge in [0.05, 0.1) is 5.56 Å². The highest BCUT2D eigenvalue weighted by atomic mass is 16.5. The SMILES string of the molecule is Cc1ccccc1C(=O)OCC(=O)N[C@@H](C)C(C)C. The maximum Gasteiger partial charge on any atom is 0.338 e. The molecule has 0 heterocycles. The molecular formula is C15H21NO3. The Morgan fingerprint density at radius 2 is 1.84 bits per heavy atom. The summed E-state index contributed by atoms with van der Waals surface area (Å²) in [5.74, 6) is -0.399. The highest BCUT2D eigenvalue weighted by Crippen LogP contribution is 2.08. The monoisotopic (exact) mass is 263 g/mol. The van der Waals surface area contributed by atoms with E-state index in [-0.39, 0.29) is 18.6 Å². The first-order valence-corrected chi connectivity index (χ1v) is 6.44. The molecule has 0 unspecified atom stereocenters. The van der Waals surface area contributed by atoms with Crippen LogP contribution in [0.4, 0.5) is 0 Å². The number of hydrogen-bond donors (Lipinski definition) is 1. The van der Waals surface area contributed by atoms with E-state index in [1.54, 1.807) is 12.1 Å². The van der Waals surface area contributed by atoms with Gasteiger partial charge in [-0.3, -0.25) is 4.79 Å². The number of benzene rings is 1. The summed E-state index contributed by atoms with van der Waals surface area (Å²) in [6, 6.07) is 7.20. The van der Waals surface area contributed by atoms with Crippen molar-refractivity contribution in [3.05, 3.63) is 35.4 Å². The molecule has 0 aliphatic heterocycles. The highest BCUT2D eigenvalue weighted by Gasteiger charge is 2.14. The average molecular weight is 263 g/mol. The van der Waals surface area contributed by atoms with Crippen molar-refractivity contribution in [3.8, 4) is 0 Å². The van der Waals surface area contributed by atoms with Crippen molar-refractivity contribution in [1.82, 2.24) is 5.32 Å². The first kappa shape index (κ1) is 15.2. The van der Waals surface area contributed by atoms with Gasteiger partial charge in [0.1, 0.15) is 0 Å². The molecule has 19 heavy (non-hydrogen) atoms. The molecule has 1 amide bonds. The minimum atomic E-state index is -0.467. The second-order valence-corrected chi connectivity index (χ2v) is 4.99. The van der Waals surface area contributed by atoms with Gasteiger partial charge in [0, 0.05) is 6.04 Å². The van der Waals surface area contributed by atoms with E-state index in [4.69, 9.17) is 4.74 Å². The Morgan fingerprint density at radius 1 is 1.21 bits per heavy atom. The fourth-order valence-electron chi connectivity index (χ4n) is 1.47. The van der Waals surface area contributed by atoms with E-state index < -0.39 is 5.97 Å². The lowest BCUT2D eigenvalue weighted by atomic mass is 10.1. The lowest BCUT2D eigenvalue weighted by molar-refractivity contribution is -0.125. The minimum absolute atomic E-state index is 0.0599. The molecule has 1 N–H and O–H groups in total. The molecule has 0 radical (unpaired) electrons. The van der Waals surface area contributed by atoms with Gasteiger partial charge in [-0.2, -0.15) is 0 Å². The number of hydrogen-bond acceptors (Lipinski definition) is 3. The van der Waals surface area contributed by atoms with Crippen LogP contribution in [0.3, 0.4) is 0 Å². The van der Waals surface area contributed by atoms with Crippen molar-refractivity contribution in [1.29, 1.82) is 0 Å². The van der Waals surface area contributed by atoms with Crippen molar-refractivity contribution in [2.75, 3.05) is 6.61 Å². The van der Waals surface area contributed by atoms with Gasteiger partial charge >= 0.3 is 5.97 Å². The van der Waals surface area contributed by atoms with Gasteiger partial charge in [-0.1, -0.05) is 32.0 Å². The van der Waals surface area contributed by atoms with Crippen molar-refractivity contribution in [2.45, 2.75) is 33.7 Å². The van der Waals surface area contributed by atoms with Crippen LogP contribution in [0.2, 0.25) is 0 Å². The Kier molecular flexibility index (Phi) is 5.55. The molecule has 0 saturated carbocycles. The number of carbonyl (C=O) groups excluding carboxylic acids is 2. The summed E-state index contributed by atoms with van der Waals surface area (Å²) in [5.41, 5.74) is 1.33. The van der Waals surface area contributed by atoms with Crippen LogP contribution < -0.4 is 5.32 Å². The average Bonchev–Trinajstić information content (AvgIpc) is 2.36. The van der Waals surface area contributed by atoms with Gasteiger partial charge in [0.2, 0.25) is 0 Å². The summed E-state index contributed by atoms with van der Waals surface area (Å²) in [7, 11) is 0. The predicted octanol–water partition coefficient (Wildman–Crippen LogP) is 2.31. The molecule has 4 nitrogen and oxygen atoms in total. The molecule has 0 aliphatic rings. The third kappa shape index (κ3) is 4.73. The number of rotatable bonds is 5. The molecule has 0 saturated heterocycles. The highest BCUT2D eigenvalue weighted by molar-refractivity contribution is 5.92. The minimum Gasteiger partial charge on any atom is -0.452 e. The van der Waals surface area contributed by atoms with Crippen LogP contribution in [-0.4, -0.2) is 24.5 Å². The van der Waals surface area contributed by atoms with Crippen LogP contribution in [0.15, 0.2) is 24.3 Å². The number of carbonyl (C=O) groups is 2. The Labute approximate surface area is 114 Å². The van der Waals surface area contributed by atoms with Crippen LogP contribution in [0.25, 0.3) is 0 Å². The Hall–Kier alpha value is -1.84. The quantitative estimate of drug-likeness (QED) is 0.829. The molecule has 1 aromatic carbocycles. The summed E-state index contributed by atoms with van der Waals surface area (Å²) >= 11 is 0.